The lowest BCUT2D eigenvalue weighted by molar-refractivity contribution is 0.0284. The van der Waals surface area contributed by atoms with E-state index in [9.17, 15) is 9.59 Å². The van der Waals surface area contributed by atoms with Crippen LogP contribution in [0, 0.1) is 12.8 Å². The van der Waals surface area contributed by atoms with Crippen LogP contribution in [0.2, 0.25) is 0 Å². The van der Waals surface area contributed by atoms with E-state index in [0.29, 0.717) is 47.5 Å². The zero-order valence-electron chi connectivity index (χ0n) is 17.6. The van der Waals surface area contributed by atoms with Gasteiger partial charge in [0.25, 0.3) is 5.91 Å². The van der Waals surface area contributed by atoms with Crippen LogP contribution in [0.3, 0.4) is 0 Å². The fourth-order valence-corrected chi connectivity index (χ4v) is 3.72. The van der Waals surface area contributed by atoms with Gasteiger partial charge in [-0.1, -0.05) is 0 Å². The Bertz CT molecular complexity index is 887. The van der Waals surface area contributed by atoms with E-state index in [4.69, 9.17) is 15.2 Å². The van der Waals surface area contributed by atoms with Crippen LogP contribution >= 0.6 is 11.5 Å². The van der Waals surface area contributed by atoms with E-state index in [1.54, 1.807) is 24.0 Å². The molecule has 0 radical (unpaired) electrons. The molecule has 3 heterocycles. The minimum Gasteiger partial charge on any atom is -0.477 e. The lowest BCUT2D eigenvalue weighted by Crippen LogP contribution is -2.35. The number of ether oxygens (including phenoxy) is 2. The summed E-state index contributed by atoms with van der Waals surface area (Å²) in [6, 6.07) is 3.41. The number of aromatic nitrogens is 2. The van der Waals surface area contributed by atoms with Crippen molar-refractivity contribution in [2.75, 3.05) is 30.7 Å². The van der Waals surface area contributed by atoms with Crippen molar-refractivity contribution in [2.45, 2.75) is 39.7 Å². The first-order valence-corrected chi connectivity index (χ1v) is 10.5. The van der Waals surface area contributed by atoms with E-state index in [0.717, 1.165) is 18.0 Å². The number of likely N-dealkylation sites (tertiary alicyclic amines) is 1. The molecule has 1 aliphatic heterocycles. The van der Waals surface area contributed by atoms with Crippen LogP contribution in [0.25, 0.3) is 0 Å². The minimum absolute atomic E-state index is 0.218. The van der Waals surface area contributed by atoms with E-state index >= 15 is 0 Å². The molecule has 10 heteroatoms. The molecule has 0 unspecified atom stereocenters. The van der Waals surface area contributed by atoms with Crippen molar-refractivity contribution >= 4 is 34.2 Å². The molecule has 2 aromatic rings. The van der Waals surface area contributed by atoms with Crippen LogP contribution in [0.4, 0.5) is 15.5 Å². The van der Waals surface area contributed by atoms with Crippen molar-refractivity contribution in [1.82, 2.24) is 14.3 Å². The predicted octanol–water partition coefficient (Wildman–Crippen LogP) is 3.32. The number of nitrogens with one attached hydrogen (secondary N) is 1. The summed E-state index contributed by atoms with van der Waals surface area (Å²) in [5.41, 5.74) is 6.82. The fraction of sp³-hybridized carbons (Fsp3) is 0.500. The summed E-state index contributed by atoms with van der Waals surface area (Å²) in [5, 5.41) is 3.14. The molecule has 0 bridgehead atoms. The maximum absolute atomic E-state index is 12.3. The summed E-state index contributed by atoms with van der Waals surface area (Å²) < 4.78 is 15.2. The molecule has 3 rings (SSSR count). The molecule has 1 saturated heterocycles. The van der Waals surface area contributed by atoms with E-state index < -0.39 is 5.60 Å². The van der Waals surface area contributed by atoms with Gasteiger partial charge in [-0.2, -0.15) is 4.37 Å². The highest BCUT2D eigenvalue weighted by Gasteiger charge is 2.30. The molecule has 9 nitrogen and oxygen atoms in total. The molecule has 30 heavy (non-hydrogen) atoms. The molecule has 2 amide bonds. The second kappa shape index (κ2) is 8.86. The Morgan fingerprint density at radius 1 is 1.37 bits per heavy atom. The molecule has 1 fully saturated rings. The third-order valence-electron chi connectivity index (χ3n) is 4.51. The number of nitrogens with two attached hydrogens (primary N) is 1. The van der Waals surface area contributed by atoms with Gasteiger partial charge in [0, 0.05) is 25.1 Å². The number of carbonyl (C=O) groups is 2. The molecule has 0 saturated carbocycles. The summed E-state index contributed by atoms with van der Waals surface area (Å²) in [5.74, 6) is 0.356. The number of nitrogens with zero attached hydrogens (tertiary/aromatic N) is 3. The smallest absolute Gasteiger partial charge is 0.410 e. The Labute approximate surface area is 179 Å². The summed E-state index contributed by atoms with van der Waals surface area (Å²) in [7, 11) is 0. The molecular weight excluding hydrogens is 406 g/mol. The van der Waals surface area contributed by atoms with Gasteiger partial charge < -0.3 is 25.4 Å². The molecule has 0 aromatic carbocycles. The van der Waals surface area contributed by atoms with Crippen molar-refractivity contribution < 1.29 is 19.1 Å². The van der Waals surface area contributed by atoms with Gasteiger partial charge in [-0.15, -0.1) is 0 Å². The highest BCUT2D eigenvalue weighted by Crippen LogP contribution is 2.23. The first kappa shape index (κ1) is 21.8. The number of nitrogen functional groups attached to an aromatic ring is 1. The number of hydrogen-bond acceptors (Lipinski definition) is 8. The van der Waals surface area contributed by atoms with E-state index in [2.05, 4.69) is 14.7 Å². The standard InChI is InChI=1S/C20H27N5O4S/c1-12-16(17(21)30-24-12)18(26)23-14-5-6-15(22-9-14)28-11-13-7-8-25(10-13)19(27)29-20(2,3)4/h5-6,9,13H,7-8,10-11,21H2,1-4H3,(H,23,26)/t13-/m0/s1. The minimum atomic E-state index is -0.503. The van der Waals surface area contributed by atoms with E-state index in [1.165, 1.54) is 6.20 Å². The fourth-order valence-electron chi connectivity index (χ4n) is 3.06. The Kier molecular flexibility index (Phi) is 6.45. The first-order chi connectivity index (χ1) is 14.1. The Balaban J connectivity index is 1.47. The summed E-state index contributed by atoms with van der Waals surface area (Å²) in [6.07, 6.45) is 2.09. The Morgan fingerprint density at radius 2 is 2.13 bits per heavy atom. The third-order valence-corrected chi connectivity index (χ3v) is 5.28. The summed E-state index contributed by atoms with van der Waals surface area (Å²) in [6.45, 7) is 9.00. The molecule has 162 valence electrons. The van der Waals surface area contributed by atoms with Crippen molar-refractivity contribution in [3.8, 4) is 5.88 Å². The van der Waals surface area contributed by atoms with Gasteiger partial charge in [0.1, 0.15) is 10.6 Å². The lowest BCUT2D eigenvalue weighted by atomic mass is 10.1. The highest BCUT2D eigenvalue weighted by molar-refractivity contribution is 7.10. The molecule has 1 atom stereocenters. The van der Waals surface area contributed by atoms with Crippen molar-refractivity contribution in [3.63, 3.8) is 0 Å². The predicted molar refractivity (Wildman–Crippen MR) is 115 cm³/mol. The van der Waals surface area contributed by atoms with Crippen LogP contribution in [0.5, 0.6) is 5.88 Å². The van der Waals surface area contributed by atoms with Crippen LogP contribution < -0.4 is 15.8 Å². The Morgan fingerprint density at radius 3 is 2.73 bits per heavy atom. The number of carbonyl (C=O) groups excluding carboxylic acids is 2. The number of pyridine rings is 1. The van der Waals surface area contributed by atoms with Crippen LogP contribution in [-0.4, -0.2) is 51.6 Å². The first-order valence-electron chi connectivity index (χ1n) is 9.72. The molecule has 1 aliphatic rings. The van der Waals surface area contributed by atoms with Crippen LogP contribution in [-0.2, 0) is 4.74 Å². The highest BCUT2D eigenvalue weighted by atomic mass is 32.1. The second-order valence-corrected chi connectivity index (χ2v) is 9.04. The number of aryl methyl sites for hydroxylation is 1. The van der Waals surface area contributed by atoms with Crippen molar-refractivity contribution in [2.24, 2.45) is 5.92 Å². The molecule has 2 aromatic heterocycles. The van der Waals surface area contributed by atoms with Gasteiger partial charge >= 0.3 is 6.09 Å². The Hall–Kier alpha value is -2.88. The van der Waals surface area contributed by atoms with Gasteiger partial charge in [-0.05, 0) is 51.7 Å². The van der Waals surface area contributed by atoms with Gasteiger partial charge in [0.2, 0.25) is 5.88 Å². The number of rotatable bonds is 5. The topological polar surface area (TPSA) is 120 Å². The average Bonchev–Trinajstić information content (AvgIpc) is 3.26. The third kappa shape index (κ3) is 5.59. The second-order valence-electron chi connectivity index (χ2n) is 8.24. The van der Waals surface area contributed by atoms with Gasteiger partial charge in [-0.25, -0.2) is 9.78 Å². The molecule has 3 N–H and O–H groups in total. The quantitative estimate of drug-likeness (QED) is 0.742. The van der Waals surface area contributed by atoms with Gasteiger partial charge in [0.15, 0.2) is 0 Å². The largest absolute Gasteiger partial charge is 0.477 e. The monoisotopic (exact) mass is 433 g/mol. The average molecular weight is 434 g/mol. The zero-order chi connectivity index (χ0) is 21.9. The van der Waals surface area contributed by atoms with Crippen molar-refractivity contribution in [3.05, 3.63) is 29.6 Å². The summed E-state index contributed by atoms with van der Waals surface area (Å²) >= 11 is 1.09. The molecule has 0 aliphatic carbocycles. The SMILES string of the molecule is Cc1nsc(N)c1C(=O)Nc1ccc(OC[C@H]2CCN(C(=O)OC(C)(C)C)C2)nc1. The maximum atomic E-state index is 12.3. The summed E-state index contributed by atoms with van der Waals surface area (Å²) in [4.78, 5) is 30.4. The van der Waals surface area contributed by atoms with Crippen molar-refractivity contribution in [1.29, 1.82) is 0 Å². The van der Waals surface area contributed by atoms with E-state index in [-0.39, 0.29) is 17.9 Å². The van der Waals surface area contributed by atoms with E-state index in [1.807, 2.05) is 20.8 Å². The lowest BCUT2D eigenvalue weighted by Gasteiger charge is -2.24. The maximum Gasteiger partial charge on any atom is 0.410 e. The zero-order valence-corrected chi connectivity index (χ0v) is 18.4. The number of anilines is 2. The van der Waals surface area contributed by atoms with Gasteiger partial charge in [0.05, 0.1) is 29.7 Å². The number of hydrogen-bond donors (Lipinski definition) is 2. The normalized spacial score (nSPS) is 16.4. The molecule has 0 spiro atoms. The molecular formula is C20H27N5O4S. The number of amides is 2. The van der Waals surface area contributed by atoms with Crippen LogP contribution in [0.15, 0.2) is 18.3 Å². The van der Waals surface area contributed by atoms with Gasteiger partial charge in [-0.3, -0.25) is 4.79 Å². The van der Waals surface area contributed by atoms with Crippen LogP contribution in [0.1, 0.15) is 43.2 Å².